The molecule has 0 unspecified atom stereocenters. The van der Waals surface area contributed by atoms with Crippen LogP contribution in [-0.4, -0.2) is 35.8 Å². The molecule has 8 heteroatoms. The molecule has 0 aliphatic carbocycles. The van der Waals surface area contributed by atoms with Crippen molar-refractivity contribution in [2.24, 2.45) is 0 Å². The number of H-pyrrole nitrogens is 1. The molecule has 1 atom stereocenters. The lowest BCUT2D eigenvalue weighted by Crippen LogP contribution is -2.33. The Morgan fingerprint density at radius 2 is 2.03 bits per heavy atom. The summed E-state index contributed by atoms with van der Waals surface area (Å²) in [6.07, 6.45) is 2.88. The van der Waals surface area contributed by atoms with E-state index in [1.165, 1.54) is 12.4 Å². The van der Waals surface area contributed by atoms with Crippen LogP contribution in [0.2, 0.25) is 5.02 Å². The number of amides is 1. The van der Waals surface area contributed by atoms with E-state index < -0.39 is 0 Å². The van der Waals surface area contributed by atoms with Crippen molar-refractivity contribution in [3.8, 4) is 6.07 Å². The minimum Gasteiger partial charge on any atom is -0.371 e. The van der Waals surface area contributed by atoms with Crippen LogP contribution in [-0.2, 0) is 4.74 Å². The number of aromatic amines is 1. The third kappa shape index (κ3) is 4.00. The fourth-order valence-corrected chi connectivity index (χ4v) is 3.54. The van der Waals surface area contributed by atoms with Crippen LogP contribution in [0.3, 0.4) is 0 Å². The molecule has 4 rings (SSSR count). The molecular formula is C21H18ClN5O2. The fourth-order valence-electron chi connectivity index (χ4n) is 3.25. The first kappa shape index (κ1) is 19.2. The number of benzene rings is 2. The van der Waals surface area contributed by atoms with Gasteiger partial charge in [0.25, 0.3) is 5.91 Å². The predicted octanol–water partition coefficient (Wildman–Crippen LogP) is 3.57. The molecule has 0 spiro atoms. The molecule has 0 bridgehead atoms. The lowest BCUT2D eigenvalue weighted by molar-refractivity contribution is 0.0278. The highest BCUT2D eigenvalue weighted by Gasteiger charge is 2.24. The number of carbonyl (C=O) groups excluding carboxylic acids is 1. The highest BCUT2D eigenvalue weighted by molar-refractivity contribution is 6.32. The average Bonchev–Trinajstić information content (AvgIpc) is 3.30. The number of nitrogens with zero attached hydrogens (tertiary/aromatic N) is 3. The first-order valence-corrected chi connectivity index (χ1v) is 9.50. The molecule has 2 heterocycles. The van der Waals surface area contributed by atoms with Crippen LogP contribution >= 0.6 is 11.6 Å². The molecule has 1 fully saturated rings. The Bertz CT molecular complexity index is 1040. The van der Waals surface area contributed by atoms with Crippen LogP contribution in [0, 0.1) is 11.3 Å². The van der Waals surface area contributed by atoms with E-state index in [-0.39, 0.29) is 12.0 Å². The van der Waals surface area contributed by atoms with Crippen molar-refractivity contribution in [1.82, 2.24) is 15.5 Å². The van der Waals surface area contributed by atoms with Crippen molar-refractivity contribution in [3.05, 3.63) is 76.6 Å². The third-order valence-electron chi connectivity index (χ3n) is 4.72. The molecule has 7 nitrogen and oxygen atoms in total. The van der Waals surface area contributed by atoms with Crippen LogP contribution < -0.4 is 10.2 Å². The zero-order valence-electron chi connectivity index (χ0n) is 15.4. The van der Waals surface area contributed by atoms with Crippen molar-refractivity contribution < 1.29 is 9.53 Å². The van der Waals surface area contributed by atoms with Crippen molar-refractivity contribution in [3.63, 3.8) is 0 Å². The van der Waals surface area contributed by atoms with Gasteiger partial charge in [0.05, 0.1) is 41.8 Å². The largest absolute Gasteiger partial charge is 0.371 e. The van der Waals surface area contributed by atoms with Crippen LogP contribution in [0.5, 0.6) is 0 Å². The van der Waals surface area contributed by atoms with Gasteiger partial charge < -0.3 is 10.1 Å². The predicted molar refractivity (Wildman–Crippen MR) is 109 cm³/mol. The number of carbonyl (C=O) groups is 1. The van der Waals surface area contributed by atoms with Gasteiger partial charge in [0.2, 0.25) is 0 Å². The van der Waals surface area contributed by atoms with Gasteiger partial charge >= 0.3 is 0 Å². The standard InChI is InChI=1S/C21H18ClN5O2/c22-19-9-17(5-6-18(19)20-13-24-7-8-29-20)27(21(28)15-11-25-26-12-15)16-3-1-14(10-23)2-4-16/h1-6,9,11-12,20,24H,7-8,13H2,(H,25,26)/t20-/m1/s1. The summed E-state index contributed by atoms with van der Waals surface area (Å²) in [4.78, 5) is 14.7. The zero-order chi connectivity index (χ0) is 20.2. The van der Waals surface area contributed by atoms with Crippen molar-refractivity contribution >= 4 is 28.9 Å². The highest BCUT2D eigenvalue weighted by Crippen LogP contribution is 2.34. The molecule has 2 N–H and O–H groups in total. The number of halogens is 1. The number of ether oxygens (including phenoxy) is 1. The first-order valence-electron chi connectivity index (χ1n) is 9.12. The van der Waals surface area contributed by atoms with E-state index in [2.05, 4.69) is 21.6 Å². The Morgan fingerprint density at radius 3 is 2.66 bits per heavy atom. The second-order valence-corrected chi connectivity index (χ2v) is 6.96. The molecule has 1 aliphatic heterocycles. The van der Waals surface area contributed by atoms with Gasteiger partial charge in [-0.3, -0.25) is 14.8 Å². The molecule has 2 aromatic carbocycles. The molecule has 1 amide bonds. The molecule has 0 saturated carbocycles. The monoisotopic (exact) mass is 407 g/mol. The molecular weight excluding hydrogens is 390 g/mol. The van der Waals surface area contributed by atoms with Crippen molar-refractivity contribution in [1.29, 1.82) is 5.26 Å². The van der Waals surface area contributed by atoms with E-state index >= 15 is 0 Å². The van der Waals surface area contributed by atoms with E-state index in [4.69, 9.17) is 21.6 Å². The number of hydrogen-bond acceptors (Lipinski definition) is 5. The van der Waals surface area contributed by atoms with E-state index in [0.717, 1.165) is 12.1 Å². The van der Waals surface area contributed by atoms with Gasteiger partial charge in [-0.25, -0.2) is 0 Å². The van der Waals surface area contributed by atoms with Crippen molar-refractivity contribution in [2.45, 2.75) is 6.10 Å². The van der Waals surface area contributed by atoms with E-state index in [9.17, 15) is 4.79 Å². The summed E-state index contributed by atoms with van der Waals surface area (Å²) in [7, 11) is 0. The van der Waals surface area contributed by atoms with E-state index in [0.29, 0.717) is 40.7 Å². The summed E-state index contributed by atoms with van der Waals surface area (Å²) in [6, 6.07) is 14.4. The number of anilines is 2. The van der Waals surface area contributed by atoms with Crippen molar-refractivity contribution in [2.75, 3.05) is 24.6 Å². The Kier molecular flexibility index (Phi) is 5.58. The Labute approximate surface area is 172 Å². The van der Waals surface area contributed by atoms with Gasteiger partial charge in [-0.15, -0.1) is 0 Å². The summed E-state index contributed by atoms with van der Waals surface area (Å²) in [6.45, 7) is 2.13. The third-order valence-corrected chi connectivity index (χ3v) is 5.05. The molecule has 3 aromatic rings. The Morgan fingerprint density at radius 1 is 1.24 bits per heavy atom. The highest BCUT2D eigenvalue weighted by atomic mass is 35.5. The molecule has 29 heavy (non-hydrogen) atoms. The quantitative estimate of drug-likeness (QED) is 0.689. The van der Waals surface area contributed by atoms with Gasteiger partial charge in [0.1, 0.15) is 0 Å². The van der Waals surface area contributed by atoms with Gasteiger partial charge in [-0.1, -0.05) is 17.7 Å². The summed E-state index contributed by atoms with van der Waals surface area (Å²) in [5, 5.41) is 19.4. The van der Waals surface area contributed by atoms with Gasteiger partial charge in [0, 0.05) is 35.6 Å². The number of aromatic nitrogens is 2. The van der Waals surface area contributed by atoms with Gasteiger partial charge in [-0.2, -0.15) is 10.4 Å². The lowest BCUT2D eigenvalue weighted by Gasteiger charge is -2.27. The molecule has 0 radical (unpaired) electrons. The van der Waals surface area contributed by atoms with Gasteiger partial charge in [-0.05, 0) is 36.4 Å². The SMILES string of the molecule is N#Cc1ccc(N(C(=O)c2cn[nH]c2)c2ccc([C@H]3CNCCO3)c(Cl)c2)cc1. The second-order valence-electron chi connectivity index (χ2n) is 6.56. The normalized spacial score (nSPS) is 16.2. The number of morpholine rings is 1. The van der Waals surface area contributed by atoms with Crippen LogP contribution in [0.25, 0.3) is 0 Å². The maximum atomic E-state index is 13.2. The summed E-state index contributed by atoms with van der Waals surface area (Å²) >= 11 is 6.56. The maximum absolute atomic E-state index is 13.2. The van der Waals surface area contributed by atoms with Crippen LogP contribution in [0.1, 0.15) is 27.6 Å². The zero-order valence-corrected chi connectivity index (χ0v) is 16.2. The average molecular weight is 408 g/mol. The summed E-state index contributed by atoms with van der Waals surface area (Å²) < 4.78 is 5.79. The topological polar surface area (TPSA) is 94.0 Å². The molecule has 1 saturated heterocycles. The first-order chi connectivity index (χ1) is 14.2. The molecule has 146 valence electrons. The van der Waals surface area contributed by atoms with Crippen LogP contribution in [0.15, 0.2) is 54.9 Å². The fraction of sp³-hybridized carbons (Fsp3) is 0.190. The smallest absolute Gasteiger partial charge is 0.266 e. The van der Waals surface area contributed by atoms with Gasteiger partial charge in [0.15, 0.2) is 0 Å². The summed E-state index contributed by atoms with van der Waals surface area (Å²) in [5.41, 5.74) is 3.03. The number of rotatable bonds is 4. The molecule has 1 aromatic heterocycles. The van der Waals surface area contributed by atoms with E-state index in [1.54, 1.807) is 35.2 Å². The van der Waals surface area contributed by atoms with E-state index in [1.807, 2.05) is 12.1 Å². The number of nitrogens with one attached hydrogen (secondary N) is 2. The number of hydrogen-bond donors (Lipinski definition) is 2. The minimum absolute atomic E-state index is 0.127. The number of nitriles is 1. The Balaban J connectivity index is 1.73. The Hall–Kier alpha value is -3.18. The lowest BCUT2D eigenvalue weighted by atomic mass is 10.1. The second kappa shape index (κ2) is 8.45. The minimum atomic E-state index is -0.261. The van der Waals surface area contributed by atoms with Crippen LogP contribution in [0.4, 0.5) is 11.4 Å². The summed E-state index contributed by atoms with van der Waals surface area (Å²) in [5.74, 6) is -0.261. The maximum Gasteiger partial charge on any atom is 0.266 e. The molecule has 1 aliphatic rings.